The van der Waals surface area contributed by atoms with Gasteiger partial charge in [0.2, 0.25) is 10.0 Å². The van der Waals surface area contributed by atoms with E-state index in [9.17, 15) is 13.2 Å². The van der Waals surface area contributed by atoms with E-state index in [1.54, 1.807) is 30.5 Å². The Morgan fingerprint density at radius 1 is 1.03 bits per heavy atom. The van der Waals surface area contributed by atoms with Gasteiger partial charge in [-0.05, 0) is 62.7 Å². The van der Waals surface area contributed by atoms with Gasteiger partial charge in [-0.1, -0.05) is 12.1 Å². The lowest BCUT2D eigenvalue weighted by atomic mass is 10.1. The highest BCUT2D eigenvalue weighted by Crippen LogP contribution is 2.23. The second-order valence-electron chi connectivity index (χ2n) is 9.12. The first-order valence-corrected chi connectivity index (χ1v) is 12.7. The van der Waals surface area contributed by atoms with E-state index in [1.807, 2.05) is 45.0 Å². The molecule has 2 aromatic carbocycles. The predicted octanol–water partition coefficient (Wildman–Crippen LogP) is 3.93. The summed E-state index contributed by atoms with van der Waals surface area (Å²) in [5, 5.41) is 0. The fourth-order valence-corrected chi connectivity index (χ4v) is 4.88. The monoisotopic (exact) mass is 499 g/mol. The molecule has 0 aliphatic carbocycles. The number of sulfonamides is 1. The number of hydrogen-bond donors (Lipinski definition) is 0. The molecule has 1 aliphatic rings. The summed E-state index contributed by atoms with van der Waals surface area (Å²) in [6.07, 6.45) is 2.56. The number of aromatic nitrogens is 2. The molecule has 2 heterocycles. The number of rotatable bonds is 6. The van der Waals surface area contributed by atoms with Crippen molar-refractivity contribution in [2.45, 2.75) is 37.9 Å². The van der Waals surface area contributed by atoms with Crippen LogP contribution in [0.15, 0.2) is 66.0 Å². The first-order chi connectivity index (χ1) is 16.6. The van der Waals surface area contributed by atoms with Gasteiger partial charge in [-0.3, -0.25) is 0 Å². The summed E-state index contributed by atoms with van der Waals surface area (Å²) in [6, 6.07) is 14.1. The molecule has 0 spiro atoms. The van der Waals surface area contributed by atoms with E-state index in [4.69, 9.17) is 14.2 Å². The minimum atomic E-state index is -3.51. The molecule has 0 N–H and O–H groups in total. The molecule has 4 rings (SSSR count). The van der Waals surface area contributed by atoms with Crippen molar-refractivity contribution in [2.75, 3.05) is 26.3 Å². The number of carbonyl (C=O) groups excluding carboxylic acids is 1. The Morgan fingerprint density at radius 2 is 1.69 bits per heavy atom. The van der Waals surface area contributed by atoms with E-state index in [0.29, 0.717) is 44.4 Å². The lowest BCUT2D eigenvalue weighted by molar-refractivity contribution is 0.0536. The summed E-state index contributed by atoms with van der Waals surface area (Å²) in [5.41, 5.74) is 1.74. The third-order valence-corrected chi connectivity index (χ3v) is 7.19. The quantitative estimate of drug-likeness (QED) is 0.507. The van der Waals surface area contributed by atoms with Crippen LogP contribution in [0.1, 0.15) is 26.3 Å². The van der Waals surface area contributed by atoms with Crippen molar-refractivity contribution < 1.29 is 27.4 Å². The molecule has 1 aromatic heterocycles. The number of benzene rings is 2. The SMILES string of the molecule is CC(C)(C)OC(=O)n1cnc(-c2ccc(OCc3ccc(S(=O)(=O)N4CCOCC4)cc3)cc2)c1. The average molecular weight is 500 g/mol. The van der Waals surface area contributed by atoms with E-state index in [0.717, 1.165) is 11.1 Å². The van der Waals surface area contributed by atoms with Crippen LogP contribution in [0.25, 0.3) is 11.3 Å². The van der Waals surface area contributed by atoms with E-state index < -0.39 is 21.7 Å². The third kappa shape index (κ3) is 6.27. The van der Waals surface area contributed by atoms with Gasteiger partial charge >= 0.3 is 6.09 Å². The first kappa shape index (κ1) is 24.9. The summed E-state index contributed by atoms with van der Waals surface area (Å²) >= 11 is 0. The van der Waals surface area contributed by atoms with Crippen molar-refractivity contribution in [2.24, 2.45) is 0 Å². The molecule has 35 heavy (non-hydrogen) atoms. The van der Waals surface area contributed by atoms with E-state index in [1.165, 1.54) is 15.2 Å². The molecule has 0 amide bonds. The Kier molecular flexibility index (Phi) is 7.25. The molecular formula is C25H29N3O6S. The summed E-state index contributed by atoms with van der Waals surface area (Å²) in [7, 11) is -3.51. The summed E-state index contributed by atoms with van der Waals surface area (Å²) in [6.45, 7) is 7.28. The van der Waals surface area contributed by atoms with Crippen LogP contribution >= 0.6 is 0 Å². The molecule has 0 saturated carbocycles. The smallest absolute Gasteiger partial charge is 0.419 e. The van der Waals surface area contributed by atoms with Gasteiger partial charge in [0.15, 0.2) is 0 Å². The Labute approximate surface area is 205 Å². The fourth-order valence-electron chi connectivity index (χ4n) is 3.47. The molecule has 186 valence electrons. The van der Waals surface area contributed by atoms with Crippen molar-refractivity contribution in [1.29, 1.82) is 0 Å². The molecule has 9 nitrogen and oxygen atoms in total. The van der Waals surface area contributed by atoms with Gasteiger partial charge in [0, 0.05) is 24.8 Å². The Bertz CT molecular complexity index is 1260. The highest BCUT2D eigenvalue weighted by molar-refractivity contribution is 7.89. The van der Waals surface area contributed by atoms with Crippen molar-refractivity contribution in [1.82, 2.24) is 13.9 Å². The minimum absolute atomic E-state index is 0.262. The minimum Gasteiger partial charge on any atom is -0.489 e. The lowest BCUT2D eigenvalue weighted by Crippen LogP contribution is -2.40. The molecule has 0 radical (unpaired) electrons. The lowest BCUT2D eigenvalue weighted by Gasteiger charge is -2.26. The zero-order valence-corrected chi connectivity index (χ0v) is 20.8. The zero-order valence-electron chi connectivity index (χ0n) is 20.0. The molecule has 1 saturated heterocycles. The topological polar surface area (TPSA) is 100.0 Å². The summed E-state index contributed by atoms with van der Waals surface area (Å²) in [4.78, 5) is 16.7. The van der Waals surface area contributed by atoms with Crippen molar-refractivity contribution in [3.05, 3.63) is 66.6 Å². The molecule has 1 aliphatic heterocycles. The number of nitrogens with zero attached hydrogens (tertiary/aromatic N) is 3. The van der Waals surface area contributed by atoms with E-state index >= 15 is 0 Å². The number of carbonyl (C=O) groups is 1. The second kappa shape index (κ2) is 10.2. The highest BCUT2D eigenvalue weighted by atomic mass is 32.2. The van der Waals surface area contributed by atoms with Gasteiger partial charge in [0.05, 0.1) is 23.8 Å². The first-order valence-electron chi connectivity index (χ1n) is 11.3. The van der Waals surface area contributed by atoms with Crippen LogP contribution < -0.4 is 4.74 Å². The molecule has 3 aromatic rings. The molecule has 0 unspecified atom stereocenters. The molecule has 0 atom stereocenters. The van der Waals surface area contributed by atoms with Crippen LogP contribution in [0.4, 0.5) is 4.79 Å². The van der Waals surface area contributed by atoms with Crippen molar-refractivity contribution in [3.8, 4) is 17.0 Å². The molecule has 1 fully saturated rings. The van der Waals surface area contributed by atoms with Crippen molar-refractivity contribution in [3.63, 3.8) is 0 Å². The maximum Gasteiger partial charge on any atom is 0.419 e. The number of ether oxygens (including phenoxy) is 3. The van der Waals surface area contributed by atoms with Crippen LogP contribution in [0.5, 0.6) is 5.75 Å². The van der Waals surface area contributed by atoms with Crippen molar-refractivity contribution >= 4 is 16.1 Å². The van der Waals surface area contributed by atoms with Gasteiger partial charge in [0.1, 0.15) is 24.3 Å². The third-order valence-electron chi connectivity index (χ3n) is 5.27. The van der Waals surface area contributed by atoms with E-state index in [-0.39, 0.29) is 4.90 Å². The fraction of sp³-hybridized carbons (Fsp3) is 0.360. The van der Waals surface area contributed by atoms with Crippen LogP contribution in [-0.4, -0.2) is 60.3 Å². The van der Waals surface area contributed by atoms with Gasteiger partial charge in [-0.2, -0.15) is 4.31 Å². The maximum atomic E-state index is 12.7. The number of hydrogen-bond acceptors (Lipinski definition) is 7. The van der Waals surface area contributed by atoms with Crippen LogP contribution in [0, 0.1) is 0 Å². The van der Waals surface area contributed by atoms with Gasteiger partial charge in [-0.25, -0.2) is 22.8 Å². The number of morpholine rings is 1. The summed E-state index contributed by atoms with van der Waals surface area (Å²) in [5.74, 6) is 0.658. The van der Waals surface area contributed by atoms with Gasteiger partial charge in [-0.15, -0.1) is 0 Å². The largest absolute Gasteiger partial charge is 0.489 e. The Morgan fingerprint density at radius 3 is 2.31 bits per heavy atom. The molecule has 0 bridgehead atoms. The second-order valence-corrected chi connectivity index (χ2v) is 11.1. The number of imidazole rings is 1. The standard InChI is InChI=1S/C25H29N3O6S/c1-25(2,3)34-24(29)27-16-23(26-18-27)20-6-8-21(9-7-20)33-17-19-4-10-22(11-5-19)35(30,31)28-12-14-32-15-13-28/h4-11,16,18H,12-15,17H2,1-3H3. The van der Waals surface area contributed by atoms with Gasteiger partial charge in [0.25, 0.3) is 0 Å². The van der Waals surface area contributed by atoms with Crippen LogP contribution in [0.2, 0.25) is 0 Å². The van der Waals surface area contributed by atoms with Crippen LogP contribution in [-0.2, 0) is 26.1 Å². The molecular weight excluding hydrogens is 470 g/mol. The highest BCUT2D eigenvalue weighted by Gasteiger charge is 2.26. The zero-order chi connectivity index (χ0) is 25.1. The van der Waals surface area contributed by atoms with E-state index in [2.05, 4.69) is 4.98 Å². The Hall–Kier alpha value is -3.21. The van der Waals surface area contributed by atoms with Gasteiger partial charge < -0.3 is 14.2 Å². The average Bonchev–Trinajstić information content (AvgIpc) is 3.34. The molecule has 10 heteroatoms. The van der Waals surface area contributed by atoms with Crippen LogP contribution in [0.3, 0.4) is 0 Å². The summed E-state index contributed by atoms with van der Waals surface area (Å²) < 4.78 is 44.7. The predicted molar refractivity (Wildman–Crippen MR) is 130 cm³/mol. The maximum absolute atomic E-state index is 12.7. The normalized spacial score (nSPS) is 15.1. The Balaban J connectivity index is 1.35.